The topological polar surface area (TPSA) is 0 Å². The minimum atomic E-state index is 0.747. The highest BCUT2D eigenvalue weighted by molar-refractivity contribution is 5.11. The van der Waals surface area contributed by atoms with Crippen molar-refractivity contribution in [2.75, 3.05) is 0 Å². The van der Waals surface area contributed by atoms with Crippen LogP contribution in [0.1, 0.15) is 65.2 Å². The Balaban J connectivity index is 2.03. The van der Waals surface area contributed by atoms with Crippen molar-refractivity contribution >= 4 is 0 Å². The van der Waals surface area contributed by atoms with Crippen LogP contribution in [0, 0.1) is 10.8 Å². The molecule has 0 aromatic heterocycles. The van der Waals surface area contributed by atoms with Gasteiger partial charge in [0.1, 0.15) is 0 Å². The second kappa shape index (κ2) is 2.75. The summed E-state index contributed by atoms with van der Waals surface area (Å²) in [4.78, 5) is 0. The number of hydrogen-bond acceptors (Lipinski definition) is 0. The molecule has 2 fully saturated rings. The van der Waals surface area contributed by atoms with Crippen molar-refractivity contribution in [3.63, 3.8) is 0 Å². The molecule has 0 heterocycles. The molecule has 0 amide bonds. The average Bonchev–Trinajstić information content (AvgIpc) is 2.73. The van der Waals surface area contributed by atoms with Crippen molar-refractivity contribution in [2.45, 2.75) is 65.2 Å². The van der Waals surface area contributed by atoms with Gasteiger partial charge >= 0.3 is 0 Å². The van der Waals surface area contributed by atoms with E-state index in [-0.39, 0.29) is 0 Å². The molecule has 0 aromatic rings. The zero-order chi connectivity index (χ0) is 8.66. The molecule has 0 heteroatoms. The van der Waals surface area contributed by atoms with Gasteiger partial charge in [0.2, 0.25) is 0 Å². The van der Waals surface area contributed by atoms with Gasteiger partial charge in [0.15, 0.2) is 0 Å². The normalized spacial score (nSPS) is 39.5. The molecule has 0 nitrogen and oxygen atoms in total. The lowest BCUT2D eigenvalue weighted by Crippen LogP contribution is -2.09. The van der Waals surface area contributed by atoms with Crippen molar-refractivity contribution in [3.05, 3.63) is 0 Å². The summed E-state index contributed by atoms with van der Waals surface area (Å²) in [5, 5.41) is 0. The van der Waals surface area contributed by atoms with Crippen molar-refractivity contribution < 1.29 is 0 Å². The maximum absolute atomic E-state index is 2.51. The first-order chi connectivity index (χ1) is 5.72. The molecule has 12 heavy (non-hydrogen) atoms. The van der Waals surface area contributed by atoms with Crippen LogP contribution in [-0.2, 0) is 0 Å². The average molecular weight is 166 g/mol. The predicted octanol–water partition coefficient (Wildman–Crippen LogP) is 4.15. The largest absolute Gasteiger partial charge is 0.0648 e. The molecular formula is C12H22. The summed E-state index contributed by atoms with van der Waals surface area (Å²) in [6.07, 6.45) is 12.0. The Bertz CT molecular complexity index is 163. The fourth-order valence-electron chi connectivity index (χ4n) is 3.39. The summed E-state index contributed by atoms with van der Waals surface area (Å²) >= 11 is 0. The highest BCUT2D eigenvalue weighted by Crippen LogP contribution is 2.71. The van der Waals surface area contributed by atoms with E-state index >= 15 is 0 Å². The first kappa shape index (κ1) is 8.59. The standard InChI is InChI=1S/C12H22/c1-3-11(2)10-12(11)8-6-4-5-7-9-12/h3-10H2,1-2H3. The van der Waals surface area contributed by atoms with E-state index in [1.807, 2.05) is 0 Å². The van der Waals surface area contributed by atoms with Gasteiger partial charge in [0, 0.05) is 0 Å². The number of hydrogen-bond donors (Lipinski definition) is 0. The SMILES string of the molecule is CCC1(C)CC12CCCCCC2. The first-order valence-corrected chi connectivity index (χ1v) is 5.72. The molecule has 1 unspecified atom stereocenters. The molecule has 2 aliphatic rings. The molecule has 2 saturated carbocycles. The fourth-order valence-corrected chi connectivity index (χ4v) is 3.39. The third-order valence-electron chi connectivity index (χ3n) is 4.72. The molecule has 2 aliphatic carbocycles. The van der Waals surface area contributed by atoms with Gasteiger partial charge in [0.25, 0.3) is 0 Å². The Morgan fingerprint density at radius 2 is 1.58 bits per heavy atom. The molecule has 2 rings (SSSR count). The van der Waals surface area contributed by atoms with Gasteiger partial charge in [-0.25, -0.2) is 0 Å². The summed E-state index contributed by atoms with van der Waals surface area (Å²) in [6.45, 7) is 4.89. The van der Waals surface area contributed by atoms with Crippen LogP contribution in [0.25, 0.3) is 0 Å². The molecule has 70 valence electrons. The smallest absolute Gasteiger partial charge is 0.0238 e. The van der Waals surface area contributed by atoms with Gasteiger partial charge in [-0.15, -0.1) is 0 Å². The van der Waals surface area contributed by atoms with Gasteiger partial charge in [-0.3, -0.25) is 0 Å². The third kappa shape index (κ3) is 1.11. The van der Waals surface area contributed by atoms with Crippen LogP contribution in [0.4, 0.5) is 0 Å². The van der Waals surface area contributed by atoms with E-state index in [1.165, 1.54) is 51.4 Å². The zero-order valence-corrected chi connectivity index (χ0v) is 8.66. The van der Waals surface area contributed by atoms with E-state index in [0.29, 0.717) is 0 Å². The Morgan fingerprint density at radius 3 is 2.00 bits per heavy atom. The summed E-state index contributed by atoms with van der Waals surface area (Å²) in [6, 6.07) is 0. The minimum absolute atomic E-state index is 0.747. The van der Waals surface area contributed by atoms with Crippen molar-refractivity contribution in [1.82, 2.24) is 0 Å². The molecule has 0 aliphatic heterocycles. The van der Waals surface area contributed by atoms with Crippen LogP contribution in [0.5, 0.6) is 0 Å². The third-order valence-corrected chi connectivity index (χ3v) is 4.72. The van der Waals surface area contributed by atoms with E-state index in [9.17, 15) is 0 Å². The van der Waals surface area contributed by atoms with E-state index in [4.69, 9.17) is 0 Å². The lowest BCUT2D eigenvalue weighted by atomic mass is 9.86. The summed E-state index contributed by atoms with van der Waals surface area (Å²) in [7, 11) is 0. The van der Waals surface area contributed by atoms with Crippen molar-refractivity contribution in [3.8, 4) is 0 Å². The van der Waals surface area contributed by atoms with Gasteiger partial charge in [0.05, 0.1) is 0 Å². The molecule has 1 atom stereocenters. The van der Waals surface area contributed by atoms with E-state index in [1.54, 1.807) is 0 Å². The minimum Gasteiger partial charge on any atom is -0.0648 e. The highest BCUT2D eigenvalue weighted by Gasteiger charge is 2.61. The Labute approximate surface area is 76.7 Å². The van der Waals surface area contributed by atoms with E-state index in [0.717, 1.165) is 10.8 Å². The van der Waals surface area contributed by atoms with Crippen LogP contribution < -0.4 is 0 Å². The molecular weight excluding hydrogens is 144 g/mol. The van der Waals surface area contributed by atoms with E-state index < -0.39 is 0 Å². The second-order valence-electron chi connectivity index (χ2n) is 5.29. The maximum atomic E-state index is 2.51. The molecule has 1 spiro atoms. The van der Waals surface area contributed by atoms with Gasteiger partial charge < -0.3 is 0 Å². The summed E-state index contributed by atoms with van der Waals surface area (Å²) in [5.74, 6) is 0. The quantitative estimate of drug-likeness (QED) is 0.549. The molecule has 0 saturated heterocycles. The second-order valence-corrected chi connectivity index (χ2v) is 5.29. The zero-order valence-electron chi connectivity index (χ0n) is 8.66. The summed E-state index contributed by atoms with van der Waals surface area (Å²) in [5.41, 5.74) is 1.57. The van der Waals surface area contributed by atoms with Crippen LogP contribution >= 0.6 is 0 Å². The van der Waals surface area contributed by atoms with Crippen LogP contribution in [0.3, 0.4) is 0 Å². The fraction of sp³-hybridized carbons (Fsp3) is 1.00. The maximum Gasteiger partial charge on any atom is -0.0238 e. The Kier molecular flexibility index (Phi) is 1.97. The molecule has 0 N–H and O–H groups in total. The van der Waals surface area contributed by atoms with Gasteiger partial charge in [-0.05, 0) is 30.1 Å². The van der Waals surface area contributed by atoms with Gasteiger partial charge in [-0.1, -0.05) is 46.0 Å². The van der Waals surface area contributed by atoms with Crippen LogP contribution in [0.15, 0.2) is 0 Å². The first-order valence-electron chi connectivity index (χ1n) is 5.72. The van der Waals surface area contributed by atoms with Crippen molar-refractivity contribution in [2.24, 2.45) is 10.8 Å². The monoisotopic (exact) mass is 166 g/mol. The van der Waals surface area contributed by atoms with E-state index in [2.05, 4.69) is 13.8 Å². The lowest BCUT2D eigenvalue weighted by Gasteiger charge is -2.19. The van der Waals surface area contributed by atoms with Crippen molar-refractivity contribution in [1.29, 1.82) is 0 Å². The predicted molar refractivity (Wildman–Crippen MR) is 53.2 cm³/mol. The Hall–Kier alpha value is 0. The number of rotatable bonds is 1. The Morgan fingerprint density at radius 1 is 1.00 bits per heavy atom. The highest BCUT2D eigenvalue weighted by atomic mass is 14.7. The summed E-state index contributed by atoms with van der Waals surface area (Å²) < 4.78 is 0. The lowest BCUT2D eigenvalue weighted by molar-refractivity contribution is 0.310. The van der Waals surface area contributed by atoms with Gasteiger partial charge in [-0.2, -0.15) is 0 Å². The van der Waals surface area contributed by atoms with Crippen LogP contribution in [-0.4, -0.2) is 0 Å². The molecule has 0 radical (unpaired) electrons. The molecule has 0 bridgehead atoms. The van der Waals surface area contributed by atoms with Crippen LogP contribution in [0.2, 0.25) is 0 Å². The molecule has 0 aromatic carbocycles.